The molecule has 1 amide bonds. The lowest BCUT2D eigenvalue weighted by Gasteiger charge is -2.56. The summed E-state index contributed by atoms with van der Waals surface area (Å²) in [5.74, 6) is 1.77. The lowest BCUT2D eigenvalue weighted by Crippen LogP contribution is -2.52. The molecule has 27 heavy (non-hydrogen) atoms. The second kappa shape index (κ2) is 5.90. The monoisotopic (exact) mass is 431 g/mol. The quantitative estimate of drug-likeness (QED) is 0.777. The van der Waals surface area contributed by atoms with E-state index in [1.54, 1.807) is 11.0 Å². The molecule has 5 aliphatic rings. The van der Waals surface area contributed by atoms with E-state index in [0.29, 0.717) is 29.9 Å². The molecule has 4 aliphatic carbocycles. The number of rotatable bonds is 4. The summed E-state index contributed by atoms with van der Waals surface area (Å²) in [4.78, 5) is 28.3. The van der Waals surface area contributed by atoms with Crippen molar-refractivity contribution in [3.05, 3.63) is 28.2 Å². The first-order valence-electron chi connectivity index (χ1n) is 10.2. The number of benzene rings is 1. The van der Waals surface area contributed by atoms with E-state index in [1.165, 1.54) is 19.3 Å². The number of carbonyl (C=O) groups is 2. The third kappa shape index (κ3) is 2.50. The van der Waals surface area contributed by atoms with Gasteiger partial charge in [-0.3, -0.25) is 9.59 Å². The maximum atomic E-state index is 13.6. The minimum Gasteiger partial charge on any atom is -0.375 e. The molecule has 4 fully saturated rings. The van der Waals surface area contributed by atoms with Gasteiger partial charge in [-0.1, -0.05) is 15.9 Å². The number of hydrogen-bond acceptors (Lipinski definition) is 3. The van der Waals surface area contributed by atoms with E-state index < -0.39 is 5.60 Å². The second-order valence-corrected chi connectivity index (χ2v) is 10.3. The minimum absolute atomic E-state index is 0.0854. The number of anilines is 1. The van der Waals surface area contributed by atoms with Crippen LogP contribution in [0.5, 0.6) is 0 Å². The van der Waals surface area contributed by atoms with Gasteiger partial charge in [0.15, 0.2) is 5.60 Å². The molecule has 1 aliphatic heterocycles. The van der Waals surface area contributed by atoms with Gasteiger partial charge in [0.1, 0.15) is 5.78 Å². The van der Waals surface area contributed by atoms with Crippen molar-refractivity contribution in [1.82, 2.24) is 0 Å². The molecule has 0 saturated heterocycles. The van der Waals surface area contributed by atoms with Gasteiger partial charge in [0, 0.05) is 28.4 Å². The van der Waals surface area contributed by atoms with E-state index >= 15 is 0 Å². The summed E-state index contributed by atoms with van der Waals surface area (Å²) >= 11 is 3.45. The summed E-state index contributed by atoms with van der Waals surface area (Å²) in [6.07, 6.45) is 6.62. The highest BCUT2D eigenvalue weighted by Gasteiger charge is 2.58. The number of halogens is 1. The van der Waals surface area contributed by atoms with Crippen LogP contribution < -0.4 is 4.90 Å². The number of likely N-dealkylation sites (N-methyl/N-ethyl adjacent to an activating group) is 1. The molecule has 0 spiro atoms. The summed E-state index contributed by atoms with van der Waals surface area (Å²) in [5, 5.41) is 11.5. The lowest BCUT2D eigenvalue weighted by atomic mass is 9.48. The van der Waals surface area contributed by atoms with E-state index in [1.807, 2.05) is 19.1 Å². The lowest BCUT2D eigenvalue weighted by molar-refractivity contribution is -0.154. The largest absolute Gasteiger partial charge is 0.375 e. The highest BCUT2D eigenvalue weighted by Crippen LogP contribution is 2.61. The van der Waals surface area contributed by atoms with Gasteiger partial charge < -0.3 is 10.0 Å². The Morgan fingerprint density at radius 2 is 1.78 bits per heavy atom. The van der Waals surface area contributed by atoms with Gasteiger partial charge in [0.25, 0.3) is 5.91 Å². The van der Waals surface area contributed by atoms with Crippen LogP contribution in [0.1, 0.15) is 57.4 Å². The summed E-state index contributed by atoms with van der Waals surface area (Å²) in [6.45, 7) is 2.39. The van der Waals surface area contributed by atoms with Crippen molar-refractivity contribution in [3.8, 4) is 0 Å². The molecule has 1 aromatic rings. The van der Waals surface area contributed by atoms with Crippen LogP contribution in [0.2, 0.25) is 0 Å². The van der Waals surface area contributed by atoms with Crippen LogP contribution in [0.25, 0.3) is 0 Å². The number of aliphatic hydroxyl groups is 1. The Morgan fingerprint density at radius 1 is 1.19 bits per heavy atom. The fraction of sp³-hybridized carbons (Fsp3) is 0.636. The molecule has 4 saturated carbocycles. The molecule has 5 heteroatoms. The van der Waals surface area contributed by atoms with Crippen LogP contribution >= 0.6 is 15.9 Å². The fourth-order valence-corrected chi connectivity index (χ4v) is 7.24. The molecule has 1 unspecified atom stereocenters. The zero-order valence-electron chi connectivity index (χ0n) is 15.7. The van der Waals surface area contributed by atoms with Crippen molar-refractivity contribution in [2.45, 2.75) is 57.5 Å². The van der Waals surface area contributed by atoms with Gasteiger partial charge in [-0.2, -0.15) is 0 Å². The van der Waals surface area contributed by atoms with Crippen molar-refractivity contribution in [1.29, 1.82) is 0 Å². The van der Waals surface area contributed by atoms with Crippen molar-refractivity contribution in [2.75, 3.05) is 11.4 Å². The smallest absolute Gasteiger partial charge is 0.264 e. The normalized spacial score (nSPS) is 39.1. The molecule has 0 radical (unpaired) electrons. The standard InChI is InChI=1S/C22H26BrNO3/c1-2-24-18-4-3-16(23)8-17(18)22(27,20(24)26)12-19(25)21-9-13-5-14(10-21)7-15(6-13)11-21/h3-4,8,13-15,27H,2,5-7,9-12H2,1H3. The van der Waals surface area contributed by atoms with Crippen LogP contribution in [0.15, 0.2) is 22.7 Å². The number of fused-ring (bicyclic) bond motifs is 1. The third-order valence-electron chi connectivity index (χ3n) is 7.66. The van der Waals surface area contributed by atoms with Crippen LogP contribution in [-0.4, -0.2) is 23.3 Å². The zero-order chi connectivity index (χ0) is 19.0. The molecule has 1 heterocycles. The summed E-state index contributed by atoms with van der Waals surface area (Å²) in [7, 11) is 0. The first kappa shape index (κ1) is 17.9. The van der Waals surface area contributed by atoms with Gasteiger partial charge in [-0.05, 0) is 81.4 Å². The fourth-order valence-electron chi connectivity index (χ4n) is 6.88. The maximum Gasteiger partial charge on any atom is 0.264 e. The SMILES string of the molecule is CCN1C(=O)C(O)(CC(=O)C23CC4CC(CC(C4)C2)C3)c2cc(Br)ccc21. The number of nitrogens with zero attached hydrogens (tertiary/aromatic N) is 1. The Morgan fingerprint density at radius 3 is 2.33 bits per heavy atom. The Labute approximate surface area is 168 Å². The Bertz CT molecular complexity index is 800. The molecule has 4 nitrogen and oxygen atoms in total. The average Bonchev–Trinajstić information content (AvgIpc) is 2.81. The van der Waals surface area contributed by atoms with E-state index in [0.717, 1.165) is 29.4 Å². The topological polar surface area (TPSA) is 57.6 Å². The van der Waals surface area contributed by atoms with Crippen molar-refractivity contribution < 1.29 is 14.7 Å². The van der Waals surface area contributed by atoms with Gasteiger partial charge in [0.2, 0.25) is 0 Å². The number of Topliss-reactive ketones (excluding diaryl/α,β-unsaturated/α-hetero) is 1. The van der Waals surface area contributed by atoms with Gasteiger partial charge in [-0.25, -0.2) is 0 Å². The molecular weight excluding hydrogens is 406 g/mol. The Hall–Kier alpha value is -1.20. The van der Waals surface area contributed by atoms with Gasteiger partial charge >= 0.3 is 0 Å². The molecule has 1 atom stereocenters. The van der Waals surface area contributed by atoms with Crippen LogP contribution in [0.3, 0.4) is 0 Å². The van der Waals surface area contributed by atoms with Gasteiger partial charge in [0.05, 0.1) is 5.69 Å². The van der Waals surface area contributed by atoms with Gasteiger partial charge in [-0.15, -0.1) is 0 Å². The van der Waals surface area contributed by atoms with E-state index in [2.05, 4.69) is 15.9 Å². The molecular formula is C22H26BrNO3. The average molecular weight is 432 g/mol. The summed E-state index contributed by atoms with van der Waals surface area (Å²) in [6, 6.07) is 5.53. The second-order valence-electron chi connectivity index (χ2n) is 9.37. The maximum absolute atomic E-state index is 13.6. The summed E-state index contributed by atoms with van der Waals surface area (Å²) in [5.41, 5.74) is -0.722. The minimum atomic E-state index is -1.73. The molecule has 0 aromatic heterocycles. The number of ketones is 1. The number of carbonyl (C=O) groups excluding carboxylic acids is 2. The Balaban J connectivity index is 1.49. The first-order chi connectivity index (χ1) is 12.8. The molecule has 144 valence electrons. The Kier molecular flexibility index (Phi) is 3.90. The molecule has 6 rings (SSSR count). The third-order valence-corrected chi connectivity index (χ3v) is 8.15. The van der Waals surface area contributed by atoms with Crippen LogP contribution in [0, 0.1) is 23.2 Å². The van der Waals surface area contributed by atoms with Crippen LogP contribution in [0.4, 0.5) is 5.69 Å². The molecule has 1 N–H and O–H groups in total. The predicted octanol–water partition coefficient (Wildman–Crippen LogP) is 4.18. The highest BCUT2D eigenvalue weighted by atomic mass is 79.9. The first-order valence-corrected chi connectivity index (χ1v) is 11.0. The van der Waals surface area contributed by atoms with E-state index in [9.17, 15) is 14.7 Å². The molecule has 4 bridgehead atoms. The highest BCUT2D eigenvalue weighted by molar-refractivity contribution is 9.10. The van der Waals surface area contributed by atoms with Crippen LogP contribution in [-0.2, 0) is 15.2 Å². The number of hydrogen-bond donors (Lipinski definition) is 1. The zero-order valence-corrected chi connectivity index (χ0v) is 17.3. The van der Waals surface area contributed by atoms with Crippen molar-refractivity contribution in [2.24, 2.45) is 23.2 Å². The summed E-state index contributed by atoms with van der Waals surface area (Å²) < 4.78 is 0.813. The predicted molar refractivity (Wildman–Crippen MR) is 106 cm³/mol. The number of amides is 1. The van der Waals surface area contributed by atoms with E-state index in [-0.39, 0.29) is 23.5 Å². The molecule has 1 aromatic carbocycles. The van der Waals surface area contributed by atoms with Crippen molar-refractivity contribution >= 4 is 33.3 Å². The van der Waals surface area contributed by atoms with E-state index in [4.69, 9.17) is 0 Å². The van der Waals surface area contributed by atoms with Crippen molar-refractivity contribution in [3.63, 3.8) is 0 Å².